The lowest BCUT2D eigenvalue weighted by Crippen LogP contribution is -2.14. The van der Waals surface area contributed by atoms with E-state index in [1.807, 2.05) is 0 Å². The number of rotatable bonds is 3. The minimum atomic E-state index is 0.650. The Hall–Kier alpha value is -0.470. The lowest BCUT2D eigenvalue weighted by Gasteiger charge is -2.26. The second kappa shape index (κ2) is 5.92. The molecule has 0 heterocycles. The second-order valence-corrected chi connectivity index (χ2v) is 6.68. The van der Waals surface area contributed by atoms with Crippen molar-refractivity contribution in [3.8, 4) is 0 Å². The predicted molar refractivity (Wildman–Crippen MR) is 76.3 cm³/mol. The summed E-state index contributed by atoms with van der Waals surface area (Å²) >= 11 is 2.06. The quantitative estimate of drug-likeness (QED) is 0.872. The highest BCUT2D eigenvalue weighted by molar-refractivity contribution is 8.00. The van der Waals surface area contributed by atoms with Gasteiger partial charge >= 0.3 is 0 Å². The van der Waals surface area contributed by atoms with Crippen LogP contribution in [0.4, 0.5) is 0 Å². The van der Waals surface area contributed by atoms with Crippen LogP contribution < -0.4 is 5.73 Å². The maximum absolute atomic E-state index is 5.70. The summed E-state index contributed by atoms with van der Waals surface area (Å²) in [6, 6.07) is 6.72. The Balaban J connectivity index is 2.00. The molecule has 0 saturated heterocycles. The molecule has 1 aliphatic carbocycles. The highest BCUT2D eigenvalue weighted by Gasteiger charge is 2.19. The lowest BCUT2D eigenvalue weighted by atomic mass is 9.91. The molecule has 2 unspecified atom stereocenters. The molecule has 2 rings (SSSR count). The SMILES string of the molecule is Cc1cc(SC2CCCC(C)C2)ccc1CN. The molecular formula is C15H23NS. The molecule has 1 aliphatic rings. The molecule has 1 saturated carbocycles. The van der Waals surface area contributed by atoms with Crippen molar-refractivity contribution < 1.29 is 0 Å². The van der Waals surface area contributed by atoms with Crippen LogP contribution >= 0.6 is 11.8 Å². The van der Waals surface area contributed by atoms with Gasteiger partial charge in [0.15, 0.2) is 0 Å². The van der Waals surface area contributed by atoms with Crippen LogP contribution in [-0.2, 0) is 6.54 Å². The molecule has 1 aromatic carbocycles. The number of aryl methyl sites for hydroxylation is 1. The van der Waals surface area contributed by atoms with Gasteiger partial charge in [-0.05, 0) is 48.9 Å². The fraction of sp³-hybridized carbons (Fsp3) is 0.600. The predicted octanol–water partition coefficient (Wildman–Crippen LogP) is 4.12. The summed E-state index contributed by atoms with van der Waals surface area (Å²) in [5.41, 5.74) is 8.30. The summed E-state index contributed by atoms with van der Waals surface area (Å²) < 4.78 is 0. The molecule has 2 heteroatoms. The van der Waals surface area contributed by atoms with Crippen molar-refractivity contribution in [2.24, 2.45) is 11.7 Å². The number of thioether (sulfide) groups is 1. The van der Waals surface area contributed by atoms with Crippen LogP contribution in [0.15, 0.2) is 23.1 Å². The molecule has 0 aliphatic heterocycles. The van der Waals surface area contributed by atoms with Crippen LogP contribution in [0.5, 0.6) is 0 Å². The summed E-state index contributed by atoms with van der Waals surface area (Å²) in [6.45, 7) is 5.20. The first-order chi connectivity index (χ1) is 8.19. The van der Waals surface area contributed by atoms with Gasteiger partial charge < -0.3 is 5.73 Å². The Bertz CT molecular complexity index is 375. The van der Waals surface area contributed by atoms with E-state index in [2.05, 4.69) is 43.8 Å². The normalized spacial score (nSPS) is 24.9. The molecule has 2 N–H and O–H groups in total. The van der Waals surface area contributed by atoms with E-state index in [1.165, 1.54) is 41.7 Å². The van der Waals surface area contributed by atoms with E-state index in [0.717, 1.165) is 11.2 Å². The zero-order chi connectivity index (χ0) is 12.3. The summed E-state index contributed by atoms with van der Waals surface area (Å²) in [6.07, 6.45) is 5.58. The molecule has 1 nitrogen and oxygen atoms in total. The number of benzene rings is 1. The molecule has 0 aromatic heterocycles. The summed E-state index contributed by atoms with van der Waals surface area (Å²) in [5, 5.41) is 0.821. The third-order valence-electron chi connectivity index (χ3n) is 3.73. The molecule has 0 amide bonds. The Labute approximate surface area is 109 Å². The maximum Gasteiger partial charge on any atom is 0.0180 e. The largest absolute Gasteiger partial charge is 0.326 e. The van der Waals surface area contributed by atoms with Crippen molar-refractivity contribution in [3.05, 3.63) is 29.3 Å². The average Bonchev–Trinajstić information content (AvgIpc) is 2.29. The first kappa shape index (κ1) is 13.0. The van der Waals surface area contributed by atoms with E-state index in [1.54, 1.807) is 0 Å². The van der Waals surface area contributed by atoms with Crippen LogP contribution in [0, 0.1) is 12.8 Å². The van der Waals surface area contributed by atoms with Crippen LogP contribution in [0.25, 0.3) is 0 Å². The Kier molecular flexibility index (Phi) is 4.52. The summed E-state index contributed by atoms with van der Waals surface area (Å²) in [4.78, 5) is 1.42. The van der Waals surface area contributed by atoms with Gasteiger partial charge in [0.05, 0.1) is 0 Å². The Morgan fingerprint density at radius 3 is 2.82 bits per heavy atom. The molecule has 0 spiro atoms. The van der Waals surface area contributed by atoms with E-state index in [-0.39, 0.29) is 0 Å². The minimum absolute atomic E-state index is 0.650. The monoisotopic (exact) mass is 249 g/mol. The van der Waals surface area contributed by atoms with E-state index in [4.69, 9.17) is 5.73 Å². The maximum atomic E-state index is 5.70. The highest BCUT2D eigenvalue weighted by atomic mass is 32.2. The summed E-state index contributed by atoms with van der Waals surface area (Å²) in [7, 11) is 0. The average molecular weight is 249 g/mol. The molecule has 94 valence electrons. The lowest BCUT2D eigenvalue weighted by molar-refractivity contribution is 0.394. The molecule has 0 radical (unpaired) electrons. The van der Waals surface area contributed by atoms with Gasteiger partial charge in [-0.15, -0.1) is 11.8 Å². The third kappa shape index (κ3) is 3.49. The van der Waals surface area contributed by atoms with Crippen molar-refractivity contribution in [1.82, 2.24) is 0 Å². The van der Waals surface area contributed by atoms with Crippen molar-refractivity contribution in [3.63, 3.8) is 0 Å². The van der Waals surface area contributed by atoms with E-state index < -0.39 is 0 Å². The van der Waals surface area contributed by atoms with Gasteiger partial charge in [0.1, 0.15) is 0 Å². The van der Waals surface area contributed by atoms with E-state index >= 15 is 0 Å². The standard InChI is InChI=1S/C15H23NS/c1-11-4-3-5-14(8-11)17-15-7-6-13(10-16)12(2)9-15/h6-7,9,11,14H,3-5,8,10,16H2,1-2H3. The fourth-order valence-corrected chi connectivity index (χ4v) is 4.13. The molecule has 1 fully saturated rings. The number of hydrogen-bond acceptors (Lipinski definition) is 2. The van der Waals surface area contributed by atoms with Crippen LogP contribution in [0.3, 0.4) is 0 Å². The van der Waals surface area contributed by atoms with Crippen molar-refractivity contribution >= 4 is 11.8 Å². The smallest absolute Gasteiger partial charge is 0.0180 e. The third-order valence-corrected chi connectivity index (χ3v) is 5.01. The van der Waals surface area contributed by atoms with Crippen LogP contribution in [-0.4, -0.2) is 5.25 Å². The van der Waals surface area contributed by atoms with Crippen molar-refractivity contribution in [1.29, 1.82) is 0 Å². The topological polar surface area (TPSA) is 26.0 Å². The highest BCUT2D eigenvalue weighted by Crippen LogP contribution is 2.36. The van der Waals surface area contributed by atoms with Gasteiger partial charge in [-0.2, -0.15) is 0 Å². The number of hydrogen-bond donors (Lipinski definition) is 1. The van der Waals surface area contributed by atoms with E-state index in [9.17, 15) is 0 Å². The van der Waals surface area contributed by atoms with Gasteiger partial charge in [0, 0.05) is 16.7 Å². The molecule has 2 atom stereocenters. The van der Waals surface area contributed by atoms with Crippen LogP contribution in [0.1, 0.15) is 43.7 Å². The van der Waals surface area contributed by atoms with Gasteiger partial charge in [-0.25, -0.2) is 0 Å². The number of nitrogens with two attached hydrogens (primary N) is 1. The van der Waals surface area contributed by atoms with Gasteiger partial charge in [-0.1, -0.05) is 25.8 Å². The van der Waals surface area contributed by atoms with Gasteiger partial charge in [0.25, 0.3) is 0 Å². The molecule has 0 bridgehead atoms. The molecule has 1 aromatic rings. The zero-order valence-electron chi connectivity index (χ0n) is 10.9. The summed E-state index contributed by atoms with van der Waals surface area (Å²) in [5.74, 6) is 0.908. The Morgan fingerprint density at radius 2 is 2.18 bits per heavy atom. The van der Waals surface area contributed by atoms with E-state index in [0.29, 0.717) is 6.54 Å². The second-order valence-electron chi connectivity index (χ2n) is 5.30. The Morgan fingerprint density at radius 1 is 1.35 bits per heavy atom. The van der Waals surface area contributed by atoms with Crippen molar-refractivity contribution in [2.45, 2.75) is 56.2 Å². The van der Waals surface area contributed by atoms with Gasteiger partial charge in [-0.3, -0.25) is 0 Å². The molecule has 17 heavy (non-hydrogen) atoms. The van der Waals surface area contributed by atoms with Gasteiger partial charge in [0.2, 0.25) is 0 Å². The zero-order valence-corrected chi connectivity index (χ0v) is 11.7. The van der Waals surface area contributed by atoms with Crippen molar-refractivity contribution in [2.75, 3.05) is 0 Å². The fourth-order valence-electron chi connectivity index (χ4n) is 2.65. The molecular weight excluding hydrogens is 226 g/mol. The first-order valence-electron chi connectivity index (χ1n) is 6.65. The van der Waals surface area contributed by atoms with Crippen LogP contribution in [0.2, 0.25) is 0 Å². The first-order valence-corrected chi connectivity index (χ1v) is 7.53. The minimum Gasteiger partial charge on any atom is -0.326 e.